The number of aryl methyl sites for hydroxylation is 1. The van der Waals surface area contributed by atoms with E-state index in [1.54, 1.807) is 22.4 Å². The molecule has 1 aromatic carbocycles. The van der Waals surface area contributed by atoms with Gasteiger partial charge in [0.2, 0.25) is 0 Å². The van der Waals surface area contributed by atoms with Crippen molar-refractivity contribution in [1.29, 1.82) is 0 Å². The molecule has 4 rings (SSSR count). The first-order valence-electron chi connectivity index (χ1n) is 8.84. The van der Waals surface area contributed by atoms with E-state index in [1.165, 1.54) is 0 Å². The number of halogens is 1. The zero-order valence-corrected chi connectivity index (χ0v) is 15.5. The van der Waals surface area contributed by atoms with Crippen molar-refractivity contribution in [3.63, 3.8) is 0 Å². The number of hydrogen-bond acceptors (Lipinski definition) is 4. The highest BCUT2D eigenvalue weighted by molar-refractivity contribution is 6.30. The maximum atomic E-state index is 12.9. The number of piperidine rings is 1. The van der Waals surface area contributed by atoms with Gasteiger partial charge in [-0.3, -0.25) is 9.13 Å². The number of aromatic nitrogens is 3. The number of pyridine rings is 1. The second-order valence-electron chi connectivity index (χ2n) is 6.90. The lowest BCUT2D eigenvalue weighted by Crippen LogP contribution is -2.43. The summed E-state index contributed by atoms with van der Waals surface area (Å²) in [4.78, 5) is 19.6. The Hall–Kier alpha value is -2.31. The number of rotatable bonds is 3. The van der Waals surface area contributed by atoms with Gasteiger partial charge in [-0.2, -0.15) is 0 Å². The molecule has 1 atom stereocenters. The number of nitrogens with two attached hydrogens (primary N) is 1. The zero-order chi connectivity index (χ0) is 18.3. The third-order valence-electron chi connectivity index (χ3n) is 5.04. The summed E-state index contributed by atoms with van der Waals surface area (Å²) in [5.74, 6) is 0. The van der Waals surface area contributed by atoms with E-state index in [-0.39, 0.29) is 11.7 Å². The number of fused-ring (bicyclic) bond motifs is 1. The van der Waals surface area contributed by atoms with Gasteiger partial charge in [-0.05, 0) is 36.6 Å². The topological polar surface area (TPSA) is 69.1 Å². The number of nitrogens with zero attached hydrogens (tertiary/aromatic N) is 4. The molecule has 1 fully saturated rings. The fraction of sp³-hybridized carbons (Fsp3) is 0.368. The average molecular weight is 372 g/mol. The lowest BCUT2D eigenvalue weighted by molar-refractivity contribution is 0.506. The van der Waals surface area contributed by atoms with E-state index in [0.29, 0.717) is 17.2 Å². The zero-order valence-electron chi connectivity index (χ0n) is 14.7. The van der Waals surface area contributed by atoms with Crippen LogP contribution < -0.4 is 16.3 Å². The maximum Gasteiger partial charge on any atom is 0.330 e. The van der Waals surface area contributed by atoms with Gasteiger partial charge in [-0.25, -0.2) is 9.78 Å². The van der Waals surface area contributed by atoms with Gasteiger partial charge in [-0.15, -0.1) is 0 Å². The first-order chi connectivity index (χ1) is 12.5. The monoisotopic (exact) mass is 371 g/mol. The number of hydrogen-bond donors (Lipinski definition) is 1. The molecule has 0 unspecified atom stereocenters. The van der Waals surface area contributed by atoms with Crippen molar-refractivity contribution in [2.75, 3.05) is 18.0 Å². The van der Waals surface area contributed by atoms with Crippen molar-refractivity contribution < 1.29 is 0 Å². The Kier molecular flexibility index (Phi) is 4.46. The number of anilines is 1. The van der Waals surface area contributed by atoms with Gasteiger partial charge < -0.3 is 10.6 Å². The predicted molar refractivity (Wildman–Crippen MR) is 105 cm³/mol. The molecular formula is C19H22ClN5O. The standard InChI is InChI=1S/C19H22ClN5O/c1-23-18-17(16(8-9-22-18)24-10-2-3-15(21)12-24)25(19(23)26)11-13-4-6-14(20)7-5-13/h4-9,15H,2-3,10-12,21H2,1H3/t15-/m1/s1. The number of benzene rings is 1. The van der Waals surface area contributed by atoms with E-state index in [4.69, 9.17) is 17.3 Å². The van der Waals surface area contributed by atoms with Crippen molar-refractivity contribution >= 4 is 28.5 Å². The molecule has 0 saturated carbocycles. The summed E-state index contributed by atoms with van der Waals surface area (Å²) < 4.78 is 3.40. The molecule has 2 N–H and O–H groups in total. The highest BCUT2D eigenvalue weighted by atomic mass is 35.5. The first kappa shape index (κ1) is 17.1. The molecule has 0 spiro atoms. The Balaban J connectivity index is 1.85. The first-order valence-corrected chi connectivity index (χ1v) is 9.21. The van der Waals surface area contributed by atoms with Crippen molar-refractivity contribution in [2.24, 2.45) is 12.8 Å². The fourth-order valence-electron chi connectivity index (χ4n) is 3.71. The quantitative estimate of drug-likeness (QED) is 0.767. The molecule has 136 valence electrons. The minimum atomic E-state index is -0.0730. The molecule has 1 saturated heterocycles. The molecule has 3 aromatic rings. The van der Waals surface area contributed by atoms with Crippen LogP contribution in [-0.2, 0) is 13.6 Å². The van der Waals surface area contributed by atoms with Gasteiger partial charge in [0.1, 0.15) is 5.52 Å². The van der Waals surface area contributed by atoms with Crippen LogP contribution in [0.2, 0.25) is 5.02 Å². The van der Waals surface area contributed by atoms with Crippen molar-refractivity contribution in [1.82, 2.24) is 14.1 Å². The van der Waals surface area contributed by atoms with Crippen LogP contribution in [0.1, 0.15) is 18.4 Å². The minimum absolute atomic E-state index is 0.0730. The highest BCUT2D eigenvalue weighted by Crippen LogP contribution is 2.27. The molecule has 7 heteroatoms. The molecule has 3 heterocycles. The van der Waals surface area contributed by atoms with E-state index in [2.05, 4.69) is 9.88 Å². The summed E-state index contributed by atoms with van der Waals surface area (Å²) in [6.07, 6.45) is 3.86. The van der Waals surface area contributed by atoms with Crippen LogP contribution in [0.5, 0.6) is 0 Å². The Bertz CT molecular complexity index is 992. The normalized spacial score (nSPS) is 17.8. The fourth-order valence-corrected chi connectivity index (χ4v) is 3.83. The summed E-state index contributed by atoms with van der Waals surface area (Å²) in [5, 5.41) is 0.684. The second-order valence-corrected chi connectivity index (χ2v) is 7.34. The Labute approximate surface area is 156 Å². The largest absolute Gasteiger partial charge is 0.368 e. The third kappa shape index (κ3) is 2.99. The van der Waals surface area contributed by atoms with Gasteiger partial charge in [0.05, 0.1) is 12.2 Å². The molecule has 2 aromatic heterocycles. The van der Waals surface area contributed by atoms with E-state index in [1.807, 2.05) is 30.3 Å². The smallest absolute Gasteiger partial charge is 0.330 e. The predicted octanol–water partition coefficient (Wildman–Crippen LogP) is 2.36. The summed E-state index contributed by atoms with van der Waals surface area (Å²) in [6, 6.07) is 9.72. The van der Waals surface area contributed by atoms with Crippen LogP contribution >= 0.6 is 11.6 Å². The molecule has 6 nitrogen and oxygen atoms in total. The van der Waals surface area contributed by atoms with Crippen LogP contribution in [0.25, 0.3) is 11.2 Å². The molecular weight excluding hydrogens is 350 g/mol. The molecule has 0 aliphatic carbocycles. The molecule has 0 bridgehead atoms. The summed E-state index contributed by atoms with van der Waals surface area (Å²) in [7, 11) is 1.77. The van der Waals surface area contributed by atoms with Gasteiger partial charge in [0, 0.05) is 37.4 Å². The lowest BCUT2D eigenvalue weighted by atomic mass is 10.1. The van der Waals surface area contributed by atoms with Crippen molar-refractivity contribution in [2.45, 2.75) is 25.4 Å². The highest BCUT2D eigenvalue weighted by Gasteiger charge is 2.23. The lowest BCUT2D eigenvalue weighted by Gasteiger charge is -2.33. The van der Waals surface area contributed by atoms with E-state index in [9.17, 15) is 4.79 Å². The number of imidazole rings is 1. The minimum Gasteiger partial charge on any atom is -0.368 e. The molecule has 26 heavy (non-hydrogen) atoms. The van der Waals surface area contributed by atoms with Crippen LogP contribution in [-0.4, -0.2) is 33.2 Å². The van der Waals surface area contributed by atoms with Gasteiger partial charge in [0.15, 0.2) is 5.65 Å². The van der Waals surface area contributed by atoms with E-state index in [0.717, 1.165) is 42.7 Å². The van der Waals surface area contributed by atoms with Crippen LogP contribution in [0.4, 0.5) is 5.69 Å². The van der Waals surface area contributed by atoms with E-state index < -0.39 is 0 Å². The Morgan fingerprint density at radius 1 is 1.27 bits per heavy atom. The molecule has 0 radical (unpaired) electrons. The SMILES string of the molecule is Cn1c(=O)n(Cc2ccc(Cl)cc2)c2c(N3CCC[C@@H](N)C3)ccnc21. The summed E-state index contributed by atoms with van der Waals surface area (Å²) >= 11 is 5.98. The van der Waals surface area contributed by atoms with E-state index >= 15 is 0 Å². The van der Waals surface area contributed by atoms with Crippen molar-refractivity contribution in [3.8, 4) is 0 Å². The Morgan fingerprint density at radius 2 is 2.04 bits per heavy atom. The van der Waals surface area contributed by atoms with Gasteiger partial charge in [-0.1, -0.05) is 23.7 Å². The second kappa shape index (κ2) is 6.78. The third-order valence-corrected chi connectivity index (χ3v) is 5.29. The van der Waals surface area contributed by atoms with Gasteiger partial charge >= 0.3 is 5.69 Å². The molecule has 0 amide bonds. The Morgan fingerprint density at radius 3 is 2.77 bits per heavy atom. The van der Waals surface area contributed by atoms with Crippen LogP contribution in [0.15, 0.2) is 41.3 Å². The van der Waals surface area contributed by atoms with Crippen molar-refractivity contribution in [3.05, 3.63) is 57.6 Å². The summed E-state index contributed by atoms with van der Waals surface area (Å²) in [6.45, 7) is 2.21. The molecule has 1 aliphatic rings. The maximum absolute atomic E-state index is 12.9. The van der Waals surface area contributed by atoms with Crippen LogP contribution in [0, 0.1) is 0 Å². The summed E-state index contributed by atoms with van der Waals surface area (Å²) in [5.41, 5.74) is 9.71. The van der Waals surface area contributed by atoms with Crippen LogP contribution in [0.3, 0.4) is 0 Å². The molecule has 1 aliphatic heterocycles. The van der Waals surface area contributed by atoms with Gasteiger partial charge in [0.25, 0.3) is 0 Å². The average Bonchev–Trinajstić information content (AvgIpc) is 2.88.